The number of methoxy groups -OCH3 is 1. The number of nitrogen functional groups attached to an aromatic ring is 1. The summed E-state index contributed by atoms with van der Waals surface area (Å²) in [4.78, 5) is 31.3. The zero-order chi connectivity index (χ0) is 39.0. The standard InChI is InChI=1S/C16H17BrN2O3.C12H12N2O2.C11H15NO3/c1-16(2,3)22-15(20)18-11-7-9-12(10-8-11)21-14-6-4-5-13(17)19-14;1-15-11-3-2-4-12(14-11)16-10-7-5-9(13)6-8-10;1-11(2,3)15-10(14)12-8-4-6-9(13)7-5-8/h4-10H,1-3H3,(H,18,20);2-8H,13H2,1H3;4-7,13H,1-3H3,(H,12,14). The Hall–Kier alpha value is -6.02. The molecule has 0 aliphatic carbocycles. The molecule has 53 heavy (non-hydrogen) atoms. The second kappa shape index (κ2) is 19.6. The lowest BCUT2D eigenvalue weighted by molar-refractivity contribution is 0.0624. The molecule has 5 aromatic rings. The van der Waals surface area contributed by atoms with Gasteiger partial charge in [-0.15, -0.1) is 0 Å². The Morgan fingerprint density at radius 1 is 0.623 bits per heavy atom. The van der Waals surface area contributed by atoms with Gasteiger partial charge in [-0.05, 0) is 136 Å². The highest BCUT2D eigenvalue weighted by molar-refractivity contribution is 9.10. The zero-order valence-corrected chi connectivity index (χ0v) is 32.1. The predicted molar refractivity (Wildman–Crippen MR) is 208 cm³/mol. The number of aromatic nitrogens is 2. The highest BCUT2D eigenvalue weighted by Crippen LogP contribution is 2.24. The van der Waals surface area contributed by atoms with Crippen molar-refractivity contribution in [3.63, 3.8) is 0 Å². The van der Waals surface area contributed by atoms with Gasteiger partial charge in [-0.25, -0.2) is 14.6 Å². The van der Waals surface area contributed by atoms with Crippen LogP contribution in [0, 0.1) is 0 Å². The van der Waals surface area contributed by atoms with Gasteiger partial charge in [0.05, 0.1) is 7.11 Å². The van der Waals surface area contributed by atoms with Crippen molar-refractivity contribution >= 4 is 45.2 Å². The van der Waals surface area contributed by atoms with Gasteiger partial charge in [0.15, 0.2) is 0 Å². The van der Waals surface area contributed by atoms with Crippen LogP contribution in [0.1, 0.15) is 41.5 Å². The molecule has 0 aliphatic rings. The quantitative estimate of drug-likeness (QED) is 0.0701. The first-order chi connectivity index (χ1) is 25.0. The molecule has 0 fully saturated rings. The van der Waals surface area contributed by atoms with Crippen LogP contribution < -0.4 is 30.6 Å². The number of halogens is 1. The third-order valence-electron chi connectivity index (χ3n) is 5.93. The van der Waals surface area contributed by atoms with Gasteiger partial charge in [0.2, 0.25) is 17.6 Å². The molecule has 0 aliphatic heterocycles. The smallest absolute Gasteiger partial charge is 0.412 e. The topological polar surface area (TPSA) is 176 Å². The Morgan fingerprint density at radius 2 is 1.04 bits per heavy atom. The molecule has 5 N–H and O–H groups in total. The van der Waals surface area contributed by atoms with Crippen LogP contribution in [0.15, 0.2) is 114 Å². The van der Waals surface area contributed by atoms with Crippen molar-refractivity contribution in [3.8, 4) is 34.9 Å². The molecule has 2 aromatic heterocycles. The fourth-order valence-electron chi connectivity index (χ4n) is 3.78. The van der Waals surface area contributed by atoms with Crippen LogP contribution in [0.4, 0.5) is 26.7 Å². The van der Waals surface area contributed by atoms with E-state index in [9.17, 15) is 9.59 Å². The molecule has 0 unspecified atom stereocenters. The summed E-state index contributed by atoms with van der Waals surface area (Å²) in [6.45, 7) is 10.8. The van der Waals surface area contributed by atoms with Crippen molar-refractivity contribution in [3.05, 3.63) is 114 Å². The minimum Gasteiger partial charge on any atom is -0.508 e. The van der Waals surface area contributed by atoms with Gasteiger partial charge in [0.25, 0.3) is 0 Å². The number of hydrogen-bond acceptors (Lipinski definition) is 11. The summed E-state index contributed by atoms with van der Waals surface area (Å²) in [5.74, 6) is 2.97. The first kappa shape index (κ1) is 41.4. The molecule has 3 aromatic carbocycles. The number of rotatable bonds is 7. The average molecular weight is 791 g/mol. The van der Waals surface area contributed by atoms with Gasteiger partial charge in [-0.2, -0.15) is 4.98 Å². The molecule has 0 bridgehead atoms. The lowest BCUT2D eigenvalue weighted by Gasteiger charge is -2.19. The highest BCUT2D eigenvalue weighted by atomic mass is 79.9. The molecule has 280 valence electrons. The lowest BCUT2D eigenvalue weighted by atomic mass is 10.2. The summed E-state index contributed by atoms with van der Waals surface area (Å²) < 4.78 is 27.1. The molecule has 2 heterocycles. The van der Waals surface area contributed by atoms with E-state index >= 15 is 0 Å². The molecule has 13 nitrogen and oxygen atoms in total. The Morgan fingerprint density at radius 3 is 1.49 bits per heavy atom. The van der Waals surface area contributed by atoms with E-state index in [4.69, 9.17) is 34.5 Å². The predicted octanol–water partition coefficient (Wildman–Crippen LogP) is 10.2. The maximum atomic E-state index is 11.7. The van der Waals surface area contributed by atoms with Gasteiger partial charge >= 0.3 is 12.2 Å². The molecule has 14 heteroatoms. The number of phenolic OH excluding ortho intramolecular Hbond substituents is 1. The number of aromatic hydroxyl groups is 1. The SMILES string of the molecule is CC(C)(C)OC(=O)Nc1ccc(O)cc1.CC(C)(C)OC(=O)Nc1ccc(Oc2cccc(Br)n2)cc1.COc1cccc(Oc2ccc(N)cc2)n1. The summed E-state index contributed by atoms with van der Waals surface area (Å²) in [5.41, 5.74) is 6.45. The van der Waals surface area contributed by atoms with E-state index in [1.807, 2.05) is 39.0 Å². The number of pyridine rings is 2. The number of nitrogens with one attached hydrogen (secondary N) is 2. The third-order valence-corrected chi connectivity index (χ3v) is 6.38. The molecule has 0 saturated carbocycles. The van der Waals surface area contributed by atoms with Crippen LogP contribution in [0.5, 0.6) is 34.9 Å². The second-order valence-electron chi connectivity index (χ2n) is 12.9. The number of carbonyl (C=O) groups excluding carboxylic acids is 2. The van der Waals surface area contributed by atoms with Crippen LogP contribution in [0.25, 0.3) is 0 Å². The number of anilines is 3. The molecule has 0 spiro atoms. The molecular weight excluding hydrogens is 746 g/mol. The zero-order valence-electron chi connectivity index (χ0n) is 30.5. The third kappa shape index (κ3) is 17.2. The summed E-state index contributed by atoms with van der Waals surface area (Å²) in [6, 6.07) is 31.0. The first-order valence-corrected chi connectivity index (χ1v) is 17.0. The summed E-state index contributed by atoms with van der Waals surface area (Å²) >= 11 is 3.29. The van der Waals surface area contributed by atoms with Crippen molar-refractivity contribution < 1.29 is 38.4 Å². The van der Waals surface area contributed by atoms with Crippen LogP contribution in [0.2, 0.25) is 0 Å². The molecule has 2 amide bonds. The fraction of sp³-hybridized carbons (Fsp3) is 0.231. The van der Waals surface area contributed by atoms with E-state index in [2.05, 4.69) is 36.5 Å². The Balaban J connectivity index is 0.000000219. The summed E-state index contributed by atoms with van der Waals surface area (Å²) in [7, 11) is 1.56. The number of nitrogens with two attached hydrogens (primary N) is 1. The number of phenols is 1. The number of ether oxygens (including phenoxy) is 5. The summed E-state index contributed by atoms with van der Waals surface area (Å²) in [6.07, 6.45) is -0.997. The van der Waals surface area contributed by atoms with Crippen molar-refractivity contribution in [1.29, 1.82) is 0 Å². The van der Waals surface area contributed by atoms with Gasteiger partial charge in [-0.1, -0.05) is 12.1 Å². The fourth-order valence-corrected chi connectivity index (χ4v) is 4.11. The highest BCUT2D eigenvalue weighted by Gasteiger charge is 2.17. The van der Waals surface area contributed by atoms with Gasteiger partial charge in [-0.3, -0.25) is 10.6 Å². The van der Waals surface area contributed by atoms with E-state index in [1.54, 1.807) is 107 Å². The Labute approximate surface area is 317 Å². The molecular formula is C39H44BrN5O8. The minimum absolute atomic E-state index is 0.157. The van der Waals surface area contributed by atoms with E-state index in [0.717, 1.165) is 0 Å². The average Bonchev–Trinajstić information content (AvgIpc) is 3.07. The van der Waals surface area contributed by atoms with Crippen LogP contribution in [-0.4, -0.2) is 45.6 Å². The largest absolute Gasteiger partial charge is 0.508 e. The number of benzene rings is 3. The maximum absolute atomic E-state index is 11.7. The number of nitrogens with zero attached hydrogens (tertiary/aromatic N) is 2. The second-order valence-corrected chi connectivity index (χ2v) is 13.7. The normalized spacial score (nSPS) is 10.6. The van der Waals surface area contributed by atoms with Crippen molar-refractivity contribution in [1.82, 2.24) is 9.97 Å². The van der Waals surface area contributed by atoms with Crippen molar-refractivity contribution in [2.75, 3.05) is 23.5 Å². The number of carbonyl (C=O) groups is 2. The van der Waals surface area contributed by atoms with E-state index in [-0.39, 0.29) is 5.75 Å². The first-order valence-electron chi connectivity index (χ1n) is 16.2. The van der Waals surface area contributed by atoms with Gasteiger partial charge in [0.1, 0.15) is 33.1 Å². The molecule has 0 radical (unpaired) electrons. The Bertz CT molecular complexity index is 1890. The summed E-state index contributed by atoms with van der Waals surface area (Å²) in [5, 5.41) is 14.2. The number of amides is 2. The molecule has 5 rings (SSSR count). The molecule has 0 saturated heterocycles. The van der Waals surface area contributed by atoms with Crippen LogP contribution in [0.3, 0.4) is 0 Å². The Kier molecular flexibility index (Phi) is 15.3. The van der Waals surface area contributed by atoms with E-state index in [0.29, 0.717) is 50.8 Å². The maximum Gasteiger partial charge on any atom is 0.412 e. The van der Waals surface area contributed by atoms with E-state index in [1.165, 1.54) is 12.1 Å². The number of hydrogen-bond donors (Lipinski definition) is 4. The lowest BCUT2D eigenvalue weighted by Crippen LogP contribution is -2.27. The van der Waals surface area contributed by atoms with Crippen LogP contribution in [-0.2, 0) is 9.47 Å². The monoisotopic (exact) mass is 789 g/mol. The van der Waals surface area contributed by atoms with Crippen molar-refractivity contribution in [2.24, 2.45) is 0 Å². The van der Waals surface area contributed by atoms with E-state index < -0.39 is 23.4 Å². The van der Waals surface area contributed by atoms with Gasteiger partial charge in [0, 0.05) is 35.3 Å². The molecule has 0 atom stereocenters. The minimum atomic E-state index is -0.528. The van der Waals surface area contributed by atoms with Gasteiger partial charge < -0.3 is 34.5 Å². The van der Waals surface area contributed by atoms with Crippen molar-refractivity contribution in [2.45, 2.75) is 52.7 Å². The van der Waals surface area contributed by atoms with Crippen LogP contribution >= 0.6 is 15.9 Å².